The van der Waals surface area contributed by atoms with Gasteiger partial charge in [-0.2, -0.15) is 13.2 Å². The van der Waals surface area contributed by atoms with Crippen LogP contribution in [0.4, 0.5) is 13.2 Å². The van der Waals surface area contributed by atoms with E-state index in [0.717, 1.165) is 0 Å². The average molecular weight is 425 g/mol. The highest BCUT2D eigenvalue weighted by Gasteiger charge is 2.36. The van der Waals surface area contributed by atoms with E-state index in [9.17, 15) is 26.4 Å². The predicted molar refractivity (Wildman–Crippen MR) is 94.2 cm³/mol. The van der Waals surface area contributed by atoms with Crippen molar-refractivity contribution in [1.29, 1.82) is 0 Å². The van der Waals surface area contributed by atoms with Gasteiger partial charge in [-0.25, -0.2) is 8.42 Å². The van der Waals surface area contributed by atoms with Crippen LogP contribution in [-0.4, -0.2) is 26.1 Å². The fraction of sp³-hybridized carbons (Fsp3) is 0.235. The zero-order chi connectivity index (χ0) is 19.5. The zero-order valence-electron chi connectivity index (χ0n) is 13.1. The van der Waals surface area contributed by atoms with E-state index in [4.69, 9.17) is 23.2 Å². The summed E-state index contributed by atoms with van der Waals surface area (Å²) in [7, 11) is -4.26. The first-order valence-electron chi connectivity index (χ1n) is 7.29. The molecule has 0 fully saturated rings. The Kier molecular flexibility index (Phi) is 6.37. The van der Waals surface area contributed by atoms with Crippen molar-refractivity contribution >= 4 is 38.8 Å². The van der Waals surface area contributed by atoms with Crippen molar-refractivity contribution in [2.24, 2.45) is 0 Å². The van der Waals surface area contributed by atoms with Gasteiger partial charge in [0.15, 0.2) is 15.6 Å². The summed E-state index contributed by atoms with van der Waals surface area (Å²) in [5, 5.41) is -0.572. The Morgan fingerprint density at radius 1 is 0.885 bits per heavy atom. The average Bonchev–Trinajstić information content (AvgIpc) is 2.48. The number of hydrogen-bond donors (Lipinski definition) is 0. The van der Waals surface area contributed by atoms with Crippen LogP contribution in [0.25, 0.3) is 0 Å². The molecule has 0 aromatic heterocycles. The quantitative estimate of drug-likeness (QED) is 0.653. The Bertz CT molecular complexity index is 831. The van der Waals surface area contributed by atoms with E-state index in [1.165, 1.54) is 48.5 Å². The van der Waals surface area contributed by atoms with Crippen LogP contribution in [0.15, 0.2) is 48.5 Å². The molecule has 0 aliphatic rings. The molecule has 2 aromatic rings. The monoisotopic (exact) mass is 424 g/mol. The van der Waals surface area contributed by atoms with Gasteiger partial charge in [0.05, 0.1) is 0 Å². The Labute approximate surface area is 158 Å². The number of sulfone groups is 1. The van der Waals surface area contributed by atoms with Gasteiger partial charge in [0, 0.05) is 10.0 Å². The number of benzene rings is 2. The maximum atomic E-state index is 12.7. The van der Waals surface area contributed by atoms with Crippen LogP contribution in [0.5, 0.6) is 0 Å². The first-order valence-corrected chi connectivity index (χ1v) is 9.76. The van der Waals surface area contributed by atoms with Gasteiger partial charge in [0.2, 0.25) is 0 Å². The van der Waals surface area contributed by atoms with E-state index in [1.54, 1.807) is 0 Å². The Morgan fingerprint density at radius 2 is 1.27 bits per heavy atom. The second-order valence-corrected chi connectivity index (χ2v) is 8.58. The van der Waals surface area contributed by atoms with Crippen LogP contribution in [0.2, 0.25) is 10.0 Å². The van der Waals surface area contributed by atoms with E-state index in [-0.39, 0.29) is 11.1 Å². The SMILES string of the molecule is O=C(CC(F)(F)F)CS(=O)(=O)C(c1ccc(Cl)cc1)c1ccc(Cl)cc1. The van der Waals surface area contributed by atoms with Crippen molar-refractivity contribution in [3.05, 3.63) is 69.7 Å². The molecule has 3 nitrogen and oxygen atoms in total. The van der Waals surface area contributed by atoms with Crippen molar-refractivity contribution in [3.8, 4) is 0 Å². The van der Waals surface area contributed by atoms with Gasteiger partial charge in [0.1, 0.15) is 17.4 Å². The van der Waals surface area contributed by atoms with Gasteiger partial charge < -0.3 is 0 Å². The maximum absolute atomic E-state index is 12.7. The molecule has 0 spiro atoms. The molecule has 9 heteroatoms. The van der Waals surface area contributed by atoms with Crippen LogP contribution < -0.4 is 0 Å². The molecular weight excluding hydrogens is 412 g/mol. The normalized spacial score (nSPS) is 12.4. The highest BCUT2D eigenvalue weighted by Crippen LogP contribution is 2.33. The minimum absolute atomic E-state index is 0.288. The second kappa shape index (κ2) is 7.98. The first-order chi connectivity index (χ1) is 12.0. The van der Waals surface area contributed by atoms with Crippen LogP contribution >= 0.6 is 23.2 Å². The first kappa shape index (κ1) is 20.7. The number of carbonyl (C=O) groups excluding carboxylic acids is 1. The van der Waals surface area contributed by atoms with E-state index < -0.39 is 39.2 Å². The van der Waals surface area contributed by atoms with Gasteiger partial charge in [-0.1, -0.05) is 47.5 Å². The topological polar surface area (TPSA) is 51.2 Å². The lowest BCUT2D eigenvalue weighted by Gasteiger charge is -2.19. The summed E-state index contributed by atoms with van der Waals surface area (Å²) in [5.74, 6) is -2.63. The molecule has 0 saturated heterocycles. The van der Waals surface area contributed by atoms with Crippen LogP contribution in [0.3, 0.4) is 0 Å². The Balaban J connectivity index is 2.44. The molecule has 0 aliphatic heterocycles. The zero-order valence-corrected chi connectivity index (χ0v) is 15.5. The molecule has 0 aliphatic carbocycles. The summed E-state index contributed by atoms with van der Waals surface area (Å²) in [6, 6.07) is 11.7. The fourth-order valence-electron chi connectivity index (χ4n) is 2.46. The third-order valence-corrected chi connectivity index (χ3v) is 5.96. The number of Topliss-reactive ketones (excluding diaryl/α,β-unsaturated/α-hetero) is 1. The lowest BCUT2D eigenvalue weighted by molar-refractivity contribution is -0.150. The number of carbonyl (C=O) groups is 1. The molecule has 0 amide bonds. The predicted octanol–water partition coefficient (Wildman–Crippen LogP) is 5.02. The van der Waals surface area contributed by atoms with E-state index in [1.807, 2.05) is 0 Å². The fourth-order valence-corrected chi connectivity index (χ4v) is 4.58. The number of halogens is 5. The molecule has 0 saturated carbocycles. The maximum Gasteiger partial charge on any atom is 0.395 e. The molecule has 0 atom stereocenters. The van der Waals surface area contributed by atoms with E-state index in [0.29, 0.717) is 10.0 Å². The van der Waals surface area contributed by atoms with Crippen LogP contribution in [-0.2, 0) is 14.6 Å². The highest BCUT2D eigenvalue weighted by molar-refractivity contribution is 7.92. The molecule has 0 N–H and O–H groups in total. The van der Waals surface area contributed by atoms with Crippen molar-refractivity contribution in [2.45, 2.75) is 17.8 Å². The van der Waals surface area contributed by atoms with Gasteiger partial charge in [-0.05, 0) is 35.4 Å². The van der Waals surface area contributed by atoms with Gasteiger partial charge in [0.25, 0.3) is 0 Å². The Hall–Kier alpha value is -1.57. The summed E-state index contributed by atoms with van der Waals surface area (Å²) in [5.41, 5.74) is 0.577. The van der Waals surface area contributed by atoms with Crippen molar-refractivity contribution in [2.75, 3.05) is 5.75 Å². The molecule has 0 bridgehead atoms. The van der Waals surface area contributed by atoms with Crippen LogP contribution in [0, 0.1) is 0 Å². The summed E-state index contributed by atoms with van der Waals surface area (Å²) in [6.45, 7) is 0. The summed E-state index contributed by atoms with van der Waals surface area (Å²) < 4.78 is 62.6. The van der Waals surface area contributed by atoms with Gasteiger partial charge in [-0.3, -0.25) is 4.79 Å². The van der Waals surface area contributed by atoms with Crippen molar-refractivity contribution in [1.82, 2.24) is 0 Å². The third kappa shape index (κ3) is 5.72. The minimum atomic E-state index is -4.76. The summed E-state index contributed by atoms with van der Waals surface area (Å²) in [6.07, 6.45) is -6.55. The molecule has 26 heavy (non-hydrogen) atoms. The smallest absolute Gasteiger partial charge is 0.298 e. The Morgan fingerprint density at radius 3 is 1.62 bits per heavy atom. The second-order valence-electron chi connectivity index (χ2n) is 5.62. The molecule has 0 unspecified atom stereocenters. The molecule has 0 heterocycles. The van der Waals surface area contributed by atoms with E-state index >= 15 is 0 Å². The van der Waals surface area contributed by atoms with Crippen LogP contribution in [0.1, 0.15) is 22.8 Å². The largest absolute Gasteiger partial charge is 0.395 e. The van der Waals surface area contributed by atoms with Gasteiger partial charge >= 0.3 is 6.18 Å². The third-order valence-electron chi connectivity index (χ3n) is 3.46. The molecule has 2 rings (SSSR count). The lowest BCUT2D eigenvalue weighted by Crippen LogP contribution is -2.26. The number of hydrogen-bond acceptors (Lipinski definition) is 3. The van der Waals surface area contributed by atoms with Gasteiger partial charge in [-0.15, -0.1) is 0 Å². The highest BCUT2D eigenvalue weighted by atomic mass is 35.5. The molecule has 140 valence electrons. The molecule has 0 radical (unpaired) electrons. The number of rotatable bonds is 6. The number of alkyl halides is 3. The lowest BCUT2D eigenvalue weighted by atomic mass is 10.0. The minimum Gasteiger partial charge on any atom is -0.298 e. The van der Waals surface area contributed by atoms with Crippen molar-refractivity contribution in [3.63, 3.8) is 0 Å². The summed E-state index contributed by atoms with van der Waals surface area (Å²) in [4.78, 5) is 11.6. The molecular formula is C17H13Cl2F3O3S. The van der Waals surface area contributed by atoms with Crippen molar-refractivity contribution < 1.29 is 26.4 Å². The standard InChI is InChI=1S/C17H13Cl2F3O3S/c18-13-5-1-11(2-6-13)16(12-3-7-14(19)8-4-12)26(24,25)10-15(23)9-17(20,21)22/h1-8,16H,9-10H2. The summed E-state index contributed by atoms with van der Waals surface area (Å²) >= 11 is 11.6. The van der Waals surface area contributed by atoms with E-state index in [2.05, 4.69) is 0 Å². The number of ketones is 1. The molecule has 2 aromatic carbocycles.